The first-order valence-electron chi connectivity index (χ1n) is 5.87. The molecule has 0 saturated carbocycles. The van der Waals surface area contributed by atoms with Gasteiger partial charge in [0.2, 0.25) is 0 Å². The lowest BCUT2D eigenvalue weighted by atomic mass is 9.85. The molecule has 0 aromatic heterocycles. The first-order chi connectivity index (χ1) is 7.75. The number of rotatable bonds is 3. The zero-order valence-corrected chi connectivity index (χ0v) is 11.8. The second-order valence-corrected chi connectivity index (χ2v) is 5.75. The average Bonchev–Trinajstić information content (AvgIpc) is 2.14. The van der Waals surface area contributed by atoms with Crippen LogP contribution in [-0.2, 0) is 12.0 Å². The molecule has 2 N–H and O–H groups in total. The van der Waals surface area contributed by atoms with Gasteiger partial charge in [0.15, 0.2) is 0 Å². The summed E-state index contributed by atoms with van der Waals surface area (Å²) in [6.45, 7) is 7.40. The average molecular weight is 236 g/mol. The number of methoxy groups -OCH3 is 1. The SMILES string of the molecule is COc1c(N)cc(C(C)(C)C)cc1CN(C)C. The molecule has 0 saturated heterocycles. The summed E-state index contributed by atoms with van der Waals surface area (Å²) in [5, 5.41) is 0. The molecular weight excluding hydrogens is 212 g/mol. The molecule has 0 unspecified atom stereocenters. The highest BCUT2D eigenvalue weighted by Gasteiger charge is 2.18. The molecule has 0 bridgehead atoms. The number of nitrogens with zero attached hydrogens (tertiary/aromatic N) is 1. The highest BCUT2D eigenvalue weighted by molar-refractivity contribution is 5.60. The Balaban J connectivity index is 3.28. The molecule has 96 valence electrons. The summed E-state index contributed by atoms with van der Waals surface area (Å²) in [7, 11) is 5.75. The minimum atomic E-state index is 0.0987. The maximum Gasteiger partial charge on any atom is 0.146 e. The topological polar surface area (TPSA) is 38.5 Å². The van der Waals surface area contributed by atoms with Gasteiger partial charge in [-0.2, -0.15) is 0 Å². The smallest absolute Gasteiger partial charge is 0.146 e. The third-order valence-electron chi connectivity index (χ3n) is 2.75. The van der Waals surface area contributed by atoms with E-state index in [1.807, 2.05) is 20.2 Å². The Morgan fingerprint density at radius 1 is 1.24 bits per heavy atom. The van der Waals surface area contributed by atoms with Gasteiger partial charge in [-0.25, -0.2) is 0 Å². The predicted octanol–water partition coefficient (Wildman–Crippen LogP) is 2.64. The Morgan fingerprint density at radius 3 is 2.24 bits per heavy atom. The molecule has 0 aliphatic rings. The summed E-state index contributed by atoms with van der Waals surface area (Å²) >= 11 is 0. The number of nitrogen functional groups attached to an aromatic ring is 1. The van der Waals surface area contributed by atoms with Crippen molar-refractivity contribution in [2.24, 2.45) is 0 Å². The van der Waals surface area contributed by atoms with Gasteiger partial charge in [-0.1, -0.05) is 26.8 Å². The van der Waals surface area contributed by atoms with Crippen molar-refractivity contribution in [1.29, 1.82) is 0 Å². The van der Waals surface area contributed by atoms with Gasteiger partial charge in [-0.05, 0) is 31.1 Å². The van der Waals surface area contributed by atoms with Crippen LogP contribution in [0.15, 0.2) is 12.1 Å². The van der Waals surface area contributed by atoms with E-state index in [1.54, 1.807) is 7.11 Å². The number of anilines is 1. The molecule has 3 nitrogen and oxygen atoms in total. The van der Waals surface area contributed by atoms with Crippen LogP contribution in [0, 0.1) is 0 Å². The van der Waals surface area contributed by atoms with Crippen molar-refractivity contribution in [3.63, 3.8) is 0 Å². The van der Waals surface area contributed by atoms with Crippen LogP contribution >= 0.6 is 0 Å². The van der Waals surface area contributed by atoms with E-state index in [0.29, 0.717) is 0 Å². The Labute approximate surface area is 105 Å². The van der Waals surface area contributed by atoms with Crippen LogP contribution in [0.4, 0.5) is 5.69 Å². The summed E-state index contributed by atoms with van der Waals surface area (Å²) < 4.78 is 5.39. The van der Waals surface area contributed by atoms with Gasteiger partial charge in [0.1, 0.15) is 5.75 Å². The van der Waals surface area contributed by atoms with Crippen molar-refractivity contribution in [2.45, 2.75) is 32.7 Å². The molecule has 0 heterocycles. The van der Waals surface area contributed by atoms with Crippen molar-refractivity contribution < 1.29 is 4.74 Å². The first-order valence-corrected chi connectivity index (χ1v) is 5.87. The van der Waals surface area contributed by atoms with E-state index in [0.717, 1.165) is 23.5 Å². The lowest BCUT2D eigenvalue weighted by molar-refractivity contribution is 0.372. The lowest BCUT2D eigenvalue weighted by Crippen LogP contribution is -2.16. The summed E-state index contributed by atoms with van der Waals surface area (Å²) in [4.78, 5) is 2.11. The highest BCUT2D eigenvalue weighted by atomic mass is 16.5. The number of nitrogens with two attached hydrogens (primary N) is 1. The van der Waals surface area contributed by atoms with Gasteiger partial charge >= 0.3 is 0 Å². The van der Waals surface area contributed by atoms with E-state index in [2.05, 4.69) is 31.7 Å². The van der Waals surface area contributed by atoms with E-state index < -0.39 is 0 Å². The Kier molecular flexibility index (Phi) is 4.04. The van der Waals surface area contributed by atoms with Crippen LogP contribution in [0.2, 0.25) is 0 Å². The minimum Gasteiger partial charge on any atom is -0.494 e. The van der Waals surface area contributed by atoms with Gasteiger partial charge in [0.25, 0.3) is 0 Å². The summed E-state index contributed by atoms with van der Waals surface area (Å²) in [5.74, 6) is 0.798. The molecular formula is C14H24N2O. The van der Waals surface area contributed by atoms with Crippen molar-refractivity contribution in [3.05, 3.63) is 23.3 Å². The summed E-state index contributed by atoms with van der Waals surface area (Å²) in [5.41, 5.74) is 9.26. The minimum absolute atomic E-state index is 0.0987. The Hall–Kier alpha value is -1.22. The zero-order chi connectivity index (χ0) is 13.2. The van der Waals surface area contributed by atoms with Crippen LogP contribution in [-0.4, -0.2) is 26.1 Å². The molecule has 0 atom stereocenters. The fraction of sp³-hybridized carbons (Fsp3) is 0.571. The van der Waals surface area contributed by atoms with Crippen LogP contribution in [0.5, 0.6) is 5.75 Å². The molecule has 1 aromatic carbocycles. The quantitative estimate of drug-likeness (QED) is 0.820. The molecule has 1 rings (SSSR count). The van der Waals surface area contributed by atoms with E-state index in [4.69, 9.17) is 10.5 Å². The summed E-state index contributed by atoms with van der Waals surface area (Å²) in [6.07, 6.45) is 0. The molecule has 0 aliphatic carbocycles. The van der Waals surface area contributed by atoms with E-state index in [1.165, 1.54) is 5.56 Å². The predicted molar refractivity (Wildman–Crippen MR) is 73.5 cm³/mol. The largest absolute Gasteiger partial charge is 0.494 e. The van der Waals surface area contributed by atoms with Gasteiger partial charge < -0.3 is 15.4 Å². The maximum atomic E-state index is 6.06. The molecule has 0 amide bonds. The zero-order valence-electron chi connectivity index (χ0n) is 11.8. The molecule has 0 aliphatic heterocycles. The molecule has 1 aromatic rings. The second-order valence-electron chi connectivity index (χ2n) is 5.75. The van der Waals surface area contributed by atoms with Crippen molar-refractivity contribution >= 4 is 5.69 Å². The van der Waals surface area contributed by atoms with E-state index in [-0.39, 0.29) is 5.41 Å². The summed E-state index contributed by atoms with van der Waals surface area (Å²) in [6, 6.07) is 4.20. The standard InChI is InChI=1S/C14H24N2O/c1-14(2,3)11-7-10(9-16(4)5)13(17-6)12(15)8-11/h7-8H,9,15H2,1-6H3. The first kappa shape index (κ1) is 13.8. The number of hydrogen-bond acceptors (Lipinski definition) is 3. The third kappa shape index (κ3) is 3.37. The van der Waals surface area contributed by atoms with Crippen LogP contribution < -0.4 is 10.5 Å². The normalized spacial score (nSPS) is 11.9. The Morgan fingerprint density at radius 2 is 1.82 bits per heavy atom. The fourth-order valence-electron chi connectivity index (χ4n) is 1.85. The van der Waals surface area contributed by atoms with E-state index >= 15 is 0 Å². The van der Waals surface area contributed by atoms with E-state index in [9.17, 15) is 0 Å². The van der Waals surface area contributed by atoms with Crippen LogP contribution in [0.3, 0.4) is 0 Å². The molecule has 3 heteroatoms. The van der Waals surface area contributed by atoms with Gasteiger partial charge in [-0.15, -0.1) is 0 Å². The van der Waals surface area contributed by atoms with Crippen molar-refractivity contribution in [2.75, 3.05) is 26.9 Å². The monoisotopic (exact) mass is 236 g/mol. The van der Waals surface area contributed by atoms with Gasteiger partial charge in [0, 0.05) is 12.1 Å². The lowest BCUT2D eigenvalue weighted by Gasteiger charge is -2.23. The number of hydrogen-bond donors (Lipinski definition) is 1. The van der Waals surface area contributed by atoms with Gasteiger partial charge in [0.05, 0.1) is 12.8 Å². The molecule has 0 spiro atoms. The highest BCUT2D eigenvalue weighted by Crippen LogP contribution is 2.33. The number of benzene rings is 1. The van der Waals surface area contributed by atoms with Crippen molar-refractivity contribution in [1.82, 2.24) is 4.90 Å². The van der Waals surface area contributed by atoms with Crippen LogP contribution in [0.25, 0.3) is 0 Å². The van der Waals surface area contributed by atoms with Gasteiger partial charge in [-0.3, -0.25) is 0 Å². The number of ether oxygens (including phenoxy) is 1. The molecule has 17 heavy (non-hydrogen) atoms. The fourth-order valence-corrected chi connectivity index (χ4v) is 1.85. The Bertz CT molecular complexity index is 392. The third-order valence-corrected chi connectivity index (χ3v) is 2.75. The molecule has 0 radical (unpaired) electrons. The van der Waals surface area contributed by atoms with Crippen molar-refractivity contribution in [3.8, 4) is 5.75 Å². The molecule has 0 fully saturated rings. The van der Waals surface area contributed by atoms with Crippen LogP contribution in [0.1, 0.15) is 31.9 Å². The second kappa shape index (κ2) is 4.96. The maximum absolute atomic E-state index is 6.06.